The number of rotatable bonds is 1. The Morgan fingerprint density at radius 3 is 2.77 bits per heavy atom. The number of carbonyl (C=O) groups is 2. The number of allylic oxidation sites excluding steroid dienone is 4. The van der Waals surface area contributed by atoms with Gasteiger partial charge in [-0.3, -0.25) is 4.79 Å². The highest BCUT2D eigenvalue weighted by Crippen LogP contribution is 2.63. The molecule has 2 fully saturated rings. The van der Waals surface area contributed by atoms with Crippen LogP contribution in [0.1, 0.15) is 52.4 Å². The van der Waals surface area contributed by atoms with Crippen LogP contribution < -0.4 is 0 Å². The Labute approximate surface area is 133 Å². The number of hydrogen-bond acceptors (Lipinski definition) is 2. The summed E-state index contributed by atoms with van der Waals surface area (Å²) in [5.41, 5.74) is 1.33. The van der Waals surface area contributed by atoms with Crippen molar-refractivity contribution in [3.8, 4) is 0 Å². The largest absolute Gasteiger partial charge is 0.303 e. The number of hydrogen-bond donors (Lipinski definition) is 0. The van der Waals surface area contributed by atoms with Gasteiger partial charge in [0.15, 0.2) is 5.78 Å². The second-order valence-electron chi connectivity index (χ2n) is 8.52. The van der Waals surface area contributed by atoms with Gasteiger partial charge in [0, 0.05) is 12.3 Å². The second kappa shape index (κ2) is 4.66. The lowest BCUT2D eigenvalue weighted by Gasteiger charge is -2.56. The molecule has 2 saturated carbocycles. The molecule has 118 valence electrons. The molecule has 0 saturated heterocycles. The van der Waals surface area contributed by atoms with E-state index in [1.54, 1.807) is 0 Å². The highest BCUT2D eigenvalue weighted by molar-refractivity contribution is 5.98. The van der Waals surface area contributed by atoms with E-state index in [4.69, 9.17) is 0 Å². The van der Waals surface area contributed by atoms with Crippen LogP contribution in [0.5, 0.6) is 0 Å². The molecular formula is C20H26O2. The van der Waals surface area contributed by atoms with Crippen LogP contribution in [0.3, 0.4) is 0 Å². The van der Waals surface area contributed by atoms with E-state index in [0.29, 0.717) is 35.4 Å². The van der Waals surface area contributed by atoms with Crippen molar-refractivity contribution in [2.75, 3.05) is 0 Å². The molecule has 1 unspecified atom stereocenters. The summed E-state index contributed by atoms with van der Waals surface area (Å²) in [6, 6.07) is 0. The van der Waals surface area contributed by atoms with E-state index in [0.717, 1.165) is 31.1 Å². The Morgan fingerprint density at radius 1 is 1.18 bits per heavy atom. The molecule has 0 aromatic heterocycles. The van der Waals surface area contributed by atoms with Crippen molar-refractivity contribution in [3.63, 3.8) is 0 Å². The monoisotopic (exact) mass is 298 g/mol. The van der Waals surface area contributed by atoms with Gasteiger partial charge in [-0.05, 0) is 66.3 Å². The fourth-order valence-electron chi connectivity index (χ4n) is 6.16. The first-order valence-electron chi connectivity index (χ1n) is 8.86. The molecule has 0 N–H and O–H groups in total. The first-order valence-corrected chi connectivity index (χ1v) is 8.86. The zero-order valence-corrected chi connectivity index (χ0v) is 13.7. The molecule has 0 heterocycles. The van der Waals surface area contributed by atoms with Gasteiger partial charge in [0.1, 0.15) is 6.29 Å². The summed E-state index contributed by atoms with van der Waals surface area (Å²) in [5, 5.41) is 0. The molecule has 4 aliphatic carbocycles. The summed E-state index contributed by atoms with van der Waals surface area (Å²) < 4.78 is 0. The van der Waals surface area contributed by atoms with E-state index in [1.807, 2.05) is 6.08 Å². The highest BCUT2D eigenvalue weighted by Gasteiger charge is 2.57. The van der Waals surface area contributed by atoms with Crippen molar-refractivity contribution < 1.29 is 9.59 Å². The van der Waals surface area contributed by atoms with Crippen LogP contribution >= 0.6 is 0 Å². The van der Waals surface area contributed by atoms with Crippen molar-refractivity contribution in [2.24, 2.45) is 34.5 Å². The van der Waals surface area contributed by atoms with Gasteiger partial charge in [-0.2, -0.15) is 0 Å². The number of fused-ring (bicyclic) bond motifs is 5. The average Bonchev–Trinajstić information content (AvgIpc) is 2.89. The molecule has 22 heavy (non-hydrogen) atoms. The highest BCUT2D eigenvalue weighted by atomic mass is 16.1. The minimum atomic E-state index is -0.0365. The summed E-state index contributed by atoms with van der Waals surface area (Å²) >= 11 is 0. The van der Waals surface area contributed by atoms with Crippen molar-refractivity contribution in [1.82, 2.24) is 0 Å². The summed E-state index contributed by atoms with van der Waals surface area (Å²) in [6.07, 6.45) is 14.0. The maximum Gasteiger partial charge on any atom is 0.159 e. The lowest BCUT2D eigenvalue weighted by atomic mass is 9.47. The standard InChI is InChI=1S/C20H26O2/c1-19-7-3-4-15(19)14-11-18(22)17-10-13(12-21)5-9-20(17,2)16(14)6-8-19/h3,7,10,12-16H,4-6,8-9,11H2,1-2H3/t13?,14-,15-,16-,19-,20+/m0/s1. The number of carbonyl (C=O) groups excluding carboxylic acids is 2. The molecule has 0 aromatic carbocycles. The number of ketones is 1. The van der Waals surface area contributed by atoms with E-state index in [1.165, 1.54) is 12.8 Å². The summed E-state index contributed by atoms with van der Waals surface area (Å²) in [4.78, 5) is 24.0. The summed E-state index contributed by atoms with van der Waals surface area (Å²) in [6.45, 7) is 4.69. The van der Waals surface area contributed by atoms with Crippen LogP contribution in [0.2, 0.25) is 0 Å². The minimum Gasteiger partial charge on any atom is -0.303 e. The predicted molar refractivity (Wildman–Crippen MR) is 86.2 cm³/mol. The Hall–Kier alpha value is -1.18. The number of aldehydes is 1. The molecule has 6 atom stereocenters. The third kappa shape index (κ3) is 1.79. The number of Topliss-reactive ketones (excluding diaryl/α,β-unsaturated/α-hetero) is 1. The Bertz CT molecular complexity index is 587. The minimum absolute atomic E-state index is 0.0173. The summed E-state index contributed by atoms with van der Waals surface area (Å²) in [7, 11) is 0. The van der Waals surface area contributed by atoms with Gasteiger partial charge in [-0.25, -0.2) is 0 Å². The van der Waals surface area contributed by atoms with Gasteiger partial charge in [0.2, 0.25) is 0 Å². The molecule has 0 spiro atoms. The molecule has 4 aliphatic rings. The quantitative estimate of drug-likeness (QED) is 0.539. The third-order valence-electron chi connectivity index (χ3n) is 7.47. The van der Waals surface area contributed by atoms with E-state index >= 15 is 0 Å². The Morgan fingerprint density at radius 2 is 2.00 bits per heavy atom. The summed E-state index contributed by atoms with van der Waals surface area (Å²) in [5.74, 6) is 2.10. The molecule has 2 heteroatoms. The maximum atomic E-state index is 12.8. The lowest BCUT2D eigenvalue weighted by Crippen LogP contribution is -2.52. The van der Waals surface area contributed by atoms with E-state index in [9.17, 15) is 9.59 Å². The topological polar surface area (TPSA) is 34.1 Å². The van der Waals surface area contributed by atoms with Gasteiger partial charge >= 0.3 is 0 Å². The second-order valence-corrected chi connectivity index (χ2v) is 8.52. The van der Waals surface area contributed by atoms with Gasteiger partial charge < -0.3 is 4.79 Å². The van der Waals surface area contributed by atoms with Crippen LogP contribution in [0.4, 0.5) is 0 Å². The first-order chi connectivity index (χ1) is 10.5. The predicted octanol–water partition coefficient (Wildman–Crippen LogP) is 4.11. The lowest BCUT2D eigenvalue weighted by molar-refractivity contribution is -0.127. The molecule has 2 nitrogen and oxygen atoms in total. The van der Waals surface area contributed by atoms with Crippen molar-refractivity contribution >= 4 is 12.1 Å². The van der Waals surface area contributed by atoms with E-state index < -0.39 is 0 Å². The third-order valence-corrected chi connectivity index (χ3v) is 7.47. The molecule has 0 amide bonds. The zero-order valence-electron chi connectivity index (χ0n) is 13.7. The fraction of sp³-hybridized carbons (Fsp3) is 0.700. The van der Waals surface area contributed by atoms with Gasteiger partial charge in [-0.15, -0.1) is 0 Å². The Kier molecular flexibility index (Phi) is 3.05. The van der Waals surface area contributed by atoms with E-state index in [-0.39, 0.29) is 11.3 Å². The van der Waals surface area contributed by atoms with Crippen molar-refractivity contribution in [3.05, 3.63) is 23.8 Å². The normalized spacial score (nSPS) is 49.9. The average molecular weight is 298 g/mol. The zero-order chi connectivity index (χ0) is 15.5. The van der Waals surface area contributed by atoms with Crippen molar-refractivity contribution in [1.29, 1.82) is 0 Å². The molecule has 0 aliphatic heterocycles. The van der Waals surface area contributed by atoms with Crippen molar-refractivity contribution in [2.45, 2.75) is 52.4 Å². The van der Waals surface area contributed by atoms with Gasteiger partial charge in [0.05, 0.1) is 0 Å². The molecule has 0 bridgehead atoms. The molecule has 0 radical (unpaired) electrons. The molecular weight excluding hydrogens is 272 g/mol. The van der Waals surface area contributed by atoms with Gasteiger partial charge in [0.25, 0.3) is 0 Å². The fourth-order valence-corrected chi connectivity index (χ4v) is 6.16. The van der Waals surface area contributed by atoms with Crippen LogP contribution in [-0.2, 0) is 9.59 Å². The van der Waals surface area contributed by atoms with Crippen LogP contribution in [0.25, 0.3) is 0 Å². The maximum absolute atomic E-state index is 12.8. The smallest absolute Gasteiger partial charge is 0.159 e. The van der Waals surface area contributed by atoms with E-state index in [2.05, 4.69) is 26.0 Å². The molecule has 0 aromatic rings. The van der Waals surface area contributed by atoms with Crippen LogP contribution in [0, 0.1) is 34.5 Å². The Balaban J connectivity index is 1.73. The first kappa shape index (κ1) is 14.4. The molecule has 4 rings (SSSR count). The SMILES string of the molecule is C[C@@]12C=CC[C@H]1[C@@H]1CC(=O)C3=CC(C=O)CC[C@]3(C)[C@H]1CC2. The van der Waals surface area contributed by atoms with Crippen LogP contribution in [0.15, 0.2) is 23.8 Å². The van der Waals surface area contributed by atoms with Crippen LogP contribution in [-0.4, -0.2) is 12.1 Å². The van der Waals surface area contributed by atoms with Gasteiger partial charge in [-0.1, -0.05) is 32.1 Å².